The number of fused-ring (bicyclic) bond motifs is 4. The summed E-state index contributed by atoms with van der Waals surface area (Å²) in [6.07, 6.45) is -1.33. The highest BCUT2D eigenvalue weighted by molar-refractivity contribution is 8.00. The van der Waals surface area contributed by atoms with Crippen molar-refractivity contribution >= 4 is 82.4 Å². The van der Waals surface area contributed by atoms with E-state index in [-0.39, 0.29) is 71.3 Å². The third-order valence-electron chi connectivity index (χ3n) is 12.6. The van der Waals surface area contributed by atoms with Gasteiger partial charge in [-0.1, -0.05) is 52.8 Å². The van der Waals surface area contributed by atoms with Crippen LogP contribution >= 0.6 is 28.2 Å². The molecular weight excluding hydrogens is 977 g/mol. The fraction of sp³-hybridized carbons (Fsp3) is 0.537. The van der Waals surface area contributed by atoms with Gasteiger partial charge in [0.2, 0.25) is 11.9 Å². The fourth-order valence-electron chi connectivity index (χ4n) is 7.95. The number of amides is 2. The third kappa shape index (κ3) is 9.65. The molecule has 4 fully saturated rings. The smallest absolute Gasteiger partial charge is 0.410 e. The highest BCUT2D eigenvalue weighted by atomic mass is 32.2. The summed E-state index contributed by atoms with van der Waals surface area (Å²) in [5, 5.41) is 13.0. The van der Waals surface area contributed by atoms with E-state index < -0.39 is 95.6 Å². The number of nitrogens with zero attached hydrogens (tertiary/aromatic N) is 8. The van der Waals surface area contributed by atoms with Crippen LogP contribution in [0.5, 0.6) is 0 Å². The van der Waals surface area contributed by atoms with Gasteiger partial charge in [0.05, 0.1) is 62.9 Å². The van der Waals surface area contributed by atoms with Crippen LogP contribution in [-0.2, 0) is 45.9 Å². The SMILES string of the molecule is CC(C)C(=O)Nc1nc2c(ncn2[C@@H]2S[C@@H]3COP(=O)(OCCC#N)O[C@H]4[C@H]5OC[C@]4(COP(O)O[C@@H]2[C@@H]3O[Si](C)(C)C(C)(C)C)O[C@H]5n2cnc3c(NC(=O)c4ccccc4)ncnc32)c(=O)[nH]1. The molecule has 0 aliphatic carbocycles. The molecule has 4 aliphatic rings. The zero-order chi connectivity index (χ0) is 49.0. The number of nitrogens with one attached hydrogen (secondary N) is 3. The number of thioether (sulfide) groups is 1. The van der Waals surface area contributed by atoms with E-state index in [0.717, 1.165) is 0 Å². The maximum atomic E-state index is 15.1. The summed E-state index contributed by atoms with van der Waals surface area (Å²) in [6.45, 7) is 12.4. The monoisotopic (exact) mass is 1030 g/mol. The van der Waals surface area contributed by atoms with E-state index in [1.165, 1.54) is 30.7 Å². The van der Waals surface area contributed by atoms with Crippen LogP contribution < -0.4 is 16.2 Å². The molecule has 8 heterocycles. The average Bonchev–Trinajstić information content (AvgIpc) is 4.13. The lowest BCUT2D eigenvalue weighted by molar-refractivity contribution is -0.183. The van der Waals surface area contributed by atoms with Gasteiger partial charge in [-0.25, -0.2) is 24.5 Å². The van der Waals surface area contributed by atoms with E-state index >= 15 is 4.57 Å². The first-order chi connectivity index (χ1) is 32.8. The Morgan fingerprint density at radius 3 is 2.58 bits per heavy atom. The van der Waals surface area contributed by atoms with E-state index in [4.69, 9.17) is 36.5 Å². The lowest BCUT2D eigenvalue weighted by atomic mass is 10.0. The Hall–Kier alpha value is -4.58. The van der Waals surface area contributed by atoms with Crippen molar-refractivity contribution in [2.45, 2.75) is 106 Å². The van der Waals surface area contributed by atoms with Crippen molar-refractivity contribution < 1.29 is 55.6 Å². The van der Waals surface area contributed by atoms with Crippen molar-refractivity contribution in [3.05, 3.63) is 65.2 Å². The Labute approximate surface area is 401 Å². The fourth-order valence-corrected chi connectivity index (χ4v) is 13.4. The lowest BCUT2D eigenvalue weighted by Gasteiger charge is -2.41. The van der Waals surface area contributed by atoms with Crippen molar-refractivity contribution in [1.29, 1.82) is 5.26 Å². The van der Waals surface area contributed by atoms with Gasteiger partial charge in [0.15, 0.2) is 42.7 Å². The predicted octanol–water partition coefficient (Wildman–Crippen LogP) is 5.55. The number of phosphoric ester groups is 1. The van der Waals surface area contributed by atoms with Gasteiger partial charge >= 0.3 is 16.4 Å². The number of H-pyrrole nitrogens is 1. The zero-order valence-electron chi connectivity index (χ0n) is 38.5. The number of imidazole rings is 2. The molecule has 0 spiro atoms. The van der Waals surface area contributed by atoms with E-state index in [0.29, 0.717) is 5.56 Å². The number of benzene rings is 1. The van der Waals surface area contributed by atoms with Gasteiger partial charge in [-0.15, -0.1) is 11.8 Å². The Bertz CT molecular complexity index is 2900. The molecule has 10 atom stereocenters. The maximum Gasteiger partial charge on any atom is 0.475 e. The molecule has 69 heavy (non-hydrogen) atoms. The average molecular weight is 1030 g/mol. The van der Waals surface area contributed by atoms with E-state index in [2.05, 4.69) is 61.3 Å². The van der Waals surface area contributed by atoms with Crippen LogP contribution in [0.3, 0.4) is 0 Å². The van der Waals surface area contributed by atoms with Gasteiger partial charge in [-0.3, -0.25) is 47.4 Å². The van der Waals surface area contributed by atoms with Gasteiger partial charge in [0.1, 0.15) is 35.6 Å². The van der Waals surface area contributed by atoms with Gasteiger partial charge in [-0.05, 0) is 30.3 Å². The molecule has 5 aromatic rings. The summed E-state index contributed by atoms with van der Waals surface area (Å²) in [5.41, 5.74) is -1.24. The minimum Gasteiger partial charge on any atom is -0.410 e. The topological polar surface area (TPSA) is 300 Å². The van der Waals surface area contributed by atoms with E-state index in [9.17, 15) is 24.5 Å². The van der Waals surface area contributed by atoms with E-state index in [1.807, 2.05) is 19.2 Å². The number of anilines is 2. The lowest BCUT2D eigenvalue weighted by Crippen LogP contribution is -2.50. The predicted molar refractivity (Wildman–Crippen MR) is 251 cm³/mol. The molecule has 4 aliphatic heterocycles. The van der Waals surface area contributed by atoms with Gasteiger partial charge < -0.3 is 33.2 Å². The molecule has 368 valence electrons. The number of hydrogen-bond donors (Lipinski definition) is 4. The molecule has 2 amide bonds. The first-order valence-electron chi connectivity index (χ1n) is 22.0. The molecule has 4 N–H and O–H groups in total. The van der Waals surface area contributed by atoms with Crippen LogP contribution in [0.4, 0.5) is 11.8 Å². The first-order valence-corrected chi connectivity index (χ1v) is 28.4. The number of aromatic amines is 1. The Balaban J connectivity index is 1.07. The Kier molecular flexibility index (Phi) is 13.8. The van der Waals surface area contributed by atoms with Crippen molar-refractivity contribution in [3.8, 4) is 6.07 Å². The van der Waals surface area contributed by atoms with Gasteiger partial charge in [0, 0.05) is 11.5 Å². The second-order valence-electron chi connectivity index (χ2n) is 18.6. The Morgan fingerprint density at radius 1 is 1.09 bits per heavy atom. The van der Waals surface area contributed by atoms with Crippen molar-refractivity contribution in [2.24, 2.45) is 5.92 Å². The van der Waals surface area contributed by atoms with Gasteiger partial charge in [-0.2, -0.15) is 10.2 Å². The summed E-state index contributed by atoms with van der Waals surface area (Å²) in [4.78, 5) is 75.8. The minimum absolute atomic E-state index is 0.0293. The normalized spacial score (nSPS) is 29.6. The largest absolute Gasteiger partial charge is 0.475 e. The van der Waals surface area contributed by atoms with Crippen LogP contribution in [-0.4, -0.2) is 126 Å². The number of rotatable bonds is 11. The second kappa shape index (κ2) is 19.2. The summed E-state index contributed by atoms with van der Waals surface area (Å²) in [5.74, 6) is -1.18. The highest BCUT2D eigenvalue weighted by Crippen LogP contribution is 2.61. The van der Waals surface area contributed by atoms with Crippen LogP contribution in [0.2, 0.25) is 18.1 Å². The number of carbonyl (C=O) groups is 2. The quantitative estimate of drug-likeness (QED) is 0.0716. The van der Waals surface area contributed by atoms with Crippen LogP contribution in [0.1, 0.15) is 63.0 Å². The zero-order valence-corrected chi connectivity index (χ0v) is 42.1. The van der Waals surface area contributed by atoms with Crippen LogP contribution in [0.15, 0.2) is 54.1 Å². The number of phosphoric acid groups is 1. The third-order valence-corrected chi connectivity index (χ3v) is 20.8. The molecule has 0 saturated carbocycles. The number of hydrogen-bond acceptors (Lipinski definition) is 20. The number of aromatic nitrogens is 8. The van der Waals surface area contributed by atoms with E-state index in [1.54, 1.807) is 53.3 Å². The molecule has 28 heteroatoms. The molecule has 0 radical (unpaired) electrons. The maximum absolute atomic E-state index is 15.1. The highest BCUT2D eigenvalue weighted by Gasteiger charge is 2.66. The number of nitriles is 1. The summed E-state index contributed by atoms with van der Waals surface area (Å²) < 4.78 is 69.6. The summed E-state index contributed by atoms with van der Waals surface area (Å²) in [6, 6.07) is 10.6. The van der Waals surface area contributed by atoms with Crippen LogP contribution in [0, 0.1) is 17.2 Å². The molecule has 1 aromatic carbocycles. The molecule has 9 rings (SSSR count). The molecule has 4 bridgehead atoms. The van der Waals surface area contributed by atoms with Gasteiger partial charge in [0.25, 0.3) is 11.5 Å². The number of carbonyl (C=O) groups excluding carboxylic acids is 2. The molecule has 4 saturated heterocycles. The van der Waals surface area contributed by atoms with Crippen molar-refractivity contribution in [2.75, 3.05) is 37.1 Å². The Morgan fingerprint density at radius 2 is 1.84 bits per heavy atom. The first kappa shape index (κ1) is 49.4. The summed E-state index contributed by atoms with van der Waals surface area (Å²) >= 11 is 1.27. The second-order valence-corrected chi connectivity index (χ2v) is 27.3. The van der Waals surface area contributed by atoms with Crippen LogP contribution in [0.25, 0.3) is 22.3 Å². The minimum atomic E-state index is -4.67. The molecule has 4 aromatic heterocycles. The molecule has 2 unspecified atom stereocenters. The standard InChI is InChI=1S/C41H51N11O13P2SSi/c1-22(2)34(53)49-39-48-33-26(36(55)50-39)46-21-52(33)38-28-27(65-69(6,7)40(3,4)5)24(68-38)16-61-67(57,60-15-11-14-42)64-30-29-37(62-41(30,17-58-29)18-59-66(56)63-28)51-20-45-25-31(43-19-44-32(25)51)47-35(54)23-12-9-8-10-13-23/h8-10,12-13,19-22,24,27-30,37-38,56H,11,15-18H2,1-7H3,(H,43,44,47,54)(H2,48,49,50,53,55)/t24-,27-,28-,29-,30+,37-,38-,41-,66?,67?/m1/s1. The van der Waals surface area contributed by atoms with Crippen molar-refractivity contribution in [3.63, 3.8) is 0 Å². The molecular formula is C41H51N11O13P2SSi. The number of ether oxygens (including phenoxy) is 2. The van der Waals surface area contributed by atoms with Crippen molar-refractivity contribution in [1.82, 2.24) is 39.0 Å². The summed E-state index contributed by atoms with van der Waals surface area (Å²) in [7, 11) is -10.2. The molecule has 24 nitrogen and oxygen atoms in total.